The molecule has 0 atom stereocenters. The molecule has 5 rings (SSSR count). The minimum atomic E-state index is -0.960. The van der Waals surface area contributed by atoms with Crippen LogP contribution in [0.4, 0.5) is 4.79 Å². The molecule has 2 aliphatic heterocycles. The Hall–Kier alpha value is -2.45. The van der Waals surface area contributed by atoms with Crippen molar-refractivity contribution in [3.05, 3.63) is 28.5 Å². The van der Waals surface area contributed by atoms with E-state index in [9.17, 15) is 9.59 Å². The number of nitrogens with zero attached hydrogens (tertiary/aromatic N) is 3. The van der Waals surface area contributed by atoms with Crippen molar-refractivity contribution < 1.29 is 23.8 Å². The first kappa shape index (κ1) is 22.3. The van der Waals surface area contributed by atoms with Crippen molar-refractivity contribution in [1.29, 1.82) is 0 Å². The monoisotopic (exact) mass is 475 g/mol. The number of carbonyl (C=O) groups excluding carboxylic acids is 1. The molecule has 33 heavy (non-hydrogen) atoms. The van der Waals surface area contributed by atoms with Crippen molar-refractivity contribution in [2.24, 2.45) is 0 Å². The Morgan fingerprint density at radius 3 is 2.30 bits per heavy atom. The highest BCUT2D eigenvalue weighted by Crippen LogP contribution is 2.37. The summed E-state index contributed by atoms with van der Waals surface area (Å²) < 4.78 is 12.2. The topological polar surface area (TPSA) is 86.5 Å². The van der Waals surface area contributed by atoms with Crippen LogP contribution in [-0.4, -0.2) is 83.2 Å². The molecule has 2 aromatic rings. The Bertz CT molecular complexity index is 1050. The van der Waals surface area contributed by atoms with E-state index in [4.69, 9.17) is 25.9 Å². The van der Waals surface area contributed by atoms with E-state index < -0.39 is 6.09 Å². The summed E-state index contributed by atoms with van der Waals surface area (Å²) in [5, 5.41) is 10.4. The van der Waals surface area contributed by atoms with Gasteiger partial charge in [0.25, 0.3) is 5.91 Å². The number of halogens is 1. The van der Waals surface area contributed by atoms with Crippen molar-refractivity contribution in [2.75, 3.05) is 39.3 Å². The highest BCUT2D eigenvalue weighted by atomic mass is 35.5. The van der Waals surface area contributed by atoms with Crippen molar-refractivity contribution >= 4 is 34.6 Å². The average molecular weight is 476 g/mol. The number of rotatable bonds is 4. The van der Waals surface area contributed by atoms with Gasteiger partial charge < -0.3 is 29.0 Å². The summed E-state index contributed by atoms with van der Waals surface area (Å²) in [4.78, 5) is 29.7. The first-order chi connectivity index (χ1) is 15.9. The predicted octanol–water partition coefficient (Wildman–Crippen LogP) is 4.23. The maximum absolute atomic E-state index is 13.1. The zero-order valence-corrected chi connectivity index (χ0v) is 19.6. The summed E-state index contributed by atoms with van der Waals surface area (Å²) in [6.07, 6.45) is 5.12. The molecule has 1 saturated carbocycles. The molecule has 1 aromatic carbocycles. The number of fused-ring (bicyclic) bond motifs is 1. The highest BCUT2D eigenvalue weighted by molar-refractivity contribution is 6.33. The number of carbonyl (C=O) groups is 2. The van der Waals surface area contributed by atoms with Gasteiger partial charge in [0, 0.05) is 62.3 Å². The van der Waals surface area contributed by atoms with Gasteiger partial charge in [-0.1, -0.05) is 18.0 Å². The maximum Gasteiger partial charge on any atom is 0.407 e. The quantitative estimate of drug-likeness (QED) is 0.712. The van der Waals surface area contributed by atoms with Crippen LogP contribution in [0, 0.1) is 6.92 Å². The lowest BCUT2D eigenvalue weighted by Gasteiger charge is -2.41. The van der Waals surface area contributed by atoms with Gasteiger partial charge >= 0.3 is 6.09 Å². The van der Waals surface area contributed by atoms with E-state index in [2.05, 4.69) is 4.90 Å². The molecule has 0 bridgehead atoms. The number of piperazine rings is 1. The number of piperidine rings is 1. The normalized spacial score (nSPS) is 20.8. The molecule has 0 radical (unpaired) electrons. The summed E-state index contributed by atoms with van der Waals surface area (Å²) in [5.74, 6) is 0.639. The van der Waals surface area contributed by atoms with Crippen molar-refractivity contribution in [1.82, 2.24) is 14.7 Å². The van der Waals surface area contributed by atoms with Gasteiger partial charge in [0.1, 0.15) is 17.4 Å². The fourth-order valence-corrected chi connectivity index (χ4v) is 5.26. The van der Waals surface area contributed by atoms with Crippen LogP contribution >= 0.6 is 11.6 Å². The van der Waals surface area contributed by atoms with Gasteiger partial charge in [-0.15, -0.1) is 0 Å². The molecule has 1 N–H and O–H groups in total. The Morgan fingerprint density at radius 1 is 1.03 bits per heavy atom. The highest BCUT2D eigenvalue weighted by Gasteiger charge is 2.31. The van der Waals surface area contributed by atoms with Crippen molar-refractivity contribution in [3.63, 3.8) is 0 Å². The lowest BCUT2D eigenvalue weighted by Crippen LogP contribution is -2.50. The molecule has 0 unspecified atom stereocenters. The van der Waals surface area contributed by atoms with E-state index in [1.54, 1.807) is 11.0 Å². The third-order valence-electron chi connectivity index (χ3n) is 7.38. The fourth-order valence-electron chi connectivity index (χ4n) is 5.05. The number of hydrogen-bond acceptors (Lipinski definition) is 5. The standard InChI is InChI=1S/C24H30ClN3O5/c1-15-18-13-19(25)21(32-17-5-7-26(8-6-17)16-3-2-4-16)14-20(18)33-22(15)23(29)27-9-11-28(12-10-27)24(30)31/h13-14,16-17H,2-12H2,1H3,(H,30,31). The van der Waals surface area contributed by atoms with E-state index in [1.807, 2.05) is 13.0 Å². The lowest BCUT2D eigenvalue weighted by molar-refractivity contribution is 0.0494. The van der Waals surface area contributed by atoms with Gasteiger partial charge in [-0.3, -0.25) is 4.79 Å². The molecule has 1 aliphatic carbocycles. The number of carboxylic acid groups (broad SMARTS) is 1. The van der Waals surface area contributed by atoms with E-state index in [-0.39, 0.29) is 17.8 Å². The summed E-state index contributed by atoms with van der Waals surface area (Å²) in [5.41, 5.74) is 1.31. The molecule has 8 nitrogen and oxygen atoms in total. The van der Waals surface area contributed by atoms with Gasteiger partial charge in [0.15, 0.2) is 5.76 Å². The van der Waals surface area contributed by atoms with Gasteiger partial charge in [0.2, 0.25) is 0 Å². The molecule has 1 aromatic heterocycles. The van der Waals surface area contributed by atoms with Crippen LogP contribution in [-0.2, 0) is 0 Å². The molecular weight excluding hydrogens is 446 g/mol. The summed E-state index contributed by atoms with van der Waals surface area (Å²) in [6.45, 7) is 5.24. The first-order valence-corrected chi connectivity index (χ1v) is 12.2. The van der Waals surface area contributed by atoms with E-state index in [1.165, 1.54) is 24.2 Å². The second-order valence-corrected chi connectivity index (χ2v) is 9.74. The first-order valence-electron chi connectivity index (χ1n) is 11.8. The molecule has 3 heterocycles. The van der Waals surface area contributed by atoms with Crippen LogP contribution in [0.2, 0.25) is 5.02 Å². The third-order valence-corrected chi connectivity index (χ3v) is 7.68. The van der Waals surface area contributed by atoms with Gasteiger partial charge in [-0.2, -0.15) is 0 Å². The summed E-state index contributed by atoms with van der Waals surface area (Å²) in [7, 11) is 0. The number of amides is 2. The van der Waals surface area contributed by atoms with Crippen LogP contribution in [0.25, 0.3) is 11.0 Å². The Kier molecular flexibility index (Phi) is 6.14. The molecule has 2 saturated heterocycles. The smallest absolute Gasteiger partial charge is 0.407 e. The molecule has 9 heteroatoms. The largest absolute Gasteiger partial charge is 0.489 e. The number of furan rings is 1. The van der Waals surface area contributed by atoms with Crippen LogP contribution in [0.5, 0.6) is 5.75 Å². The Morgan fingerprint density at radius 2 is 1.70 bits per heavy atom. The summed E-state index contributed by atoms with van der Waals surface area (Å²) >= 11 is 6.55. The van der Waals surface area contributed by atoms with E-state index >= 15 is 0 Å². The lowest BCUT2D eigenvalue weighted by atomic mass is 9.90. The van der Waals surface area contributed by atoms with E-state index in [0.717, 1.165) is 42.9 Å². The number of ether oxygens (including phenoxy) is 1. The van der Waals surface area contributed by atoms with E-state index in [0.29, 0.717) is 42.5 Å². The van der Waals surface area contributed by atoms with Crippen LogP contribution in [0.15, 0.2) is 16.5 Å². The predicted molar refractivity (Wildman–Crippen MR) is 124 cm³/mol. The molecular formula is C24H30ClN3O5. The molecule has 178 valence electrons. The average Bonchev–Trinajstić information content (AvgIpc) is 3.09. The van der Waals surface area contributed by atoms with Crippen molar-refractivity contribution in [3.8, 4) is 5.75 Å². The van der Waals surface area contributed by atoms with Gasteiger partial charge in [-0.25, -0.2) is 4.79 Å². The summed E-state index contributed by atoms with van der Waals surface area (Å²) in [6, 6.07) is 4.37. The molecule has 3 aliphatic rings. The van der Waals surface area contributed by atoms with Crippen LogP contribution in [0.3, 0.4) is 0 Å². The zero-order valence-electron chi connectivity index (χ0n) is 18.9. The minimum absolute atomic E-state index is 0.124. The van der Waals surface area contributed by atoms with Crippen LogP contribution < -0.4 is 4.74 Å². The minimum Gasteiger partial charge on any atom is -0.489 e. The third kappa shape index (κ3) is 4.38. The maximum atomic E-state index is 13.1. The zero-order chi connectivity index (χ0) is 23.1. The molecule has 0 spiro atoms. The van der Waals surface area contributed by atoms with Gasteiger partial charge in [0.05, 0.1) is 5.02 Å². The number of likely N-dealkylation sites (tertiary alicyclic amines) is 1. The van der Waals surface area contributed by atoms with Gasteiger partial charge in [-0.05, 0) is 38.7 Å². The number of benzene rings is 1. The van der Waals surface area contributed by atoms with Crippen LogP contribution in [0.1, 0.15) is 48.2 Å². The molecule has 3 fully saturated rings. The number of aryl methyl sites for hydroxylation is 1. The Labute approximate surface area is 198 Å². The second-order valence-electron chi connectivity index (χ2n) is 9.33. The fraction of sp³-hybridized carbons (Fsp3) is 0.583. The molecule has 2 amide bonds. The van der Waals surface area contributed by atoms with Crippen molar-refractivity contribution in [2.45, 2.75) is 51.2 Å². The second kappa shape index (κ2) is 9.06. The Balaban J connectivity index is 1.28. The SMILES string of the molecule is Cc1c(C(=O)N2CCN(C(=O)O)CC2)oc2cc(OC3CCN(C4CCC4)CC3)c(Cl)cc12. The number of hydrogen-bond donors (Lipinski definition) is 1.